The minimum atomic E-state index is -1.27. The molecule has 12 heavy (non-hydrogen) atoms. The third-order valence-electron chi connectivity index (χ3n) is 1.11. The van der Waals surface area contributed by atoms with E-state index in [0.29, 0.717) is 0 Å². The predicted molar refractivity (Wildman–Crippen MR) is 42.5 cm³/mol. The fourth-order valence-corrected chi connectivity index (χ4v) is 0.450. The SMILES string of the molecule is C=C(C)C(=O)C=C(OC)C(=O)O. The molecular formula is C8H10O4. The average molecular weight is 170 g/mol. The standard InChI is InChI=1S/C8H10O4/c1-5(2)6(9)4-7(12-3)8(10)11/h4H,1H2,2-3H3,(H,10,11). The van der Waals surface area contributed by atoms with Crippen molar-refractivity contribution in [3.8, 4) is 0 Å². The number of ketones is 1. The van der Waals surface area contributed by atoms with Crippen LogP contribution in [0.3, 0.4) is 0 Å². The summed E-state index contributed by atoms with van der Waals surface area (Å²) in [4.78, 5) is 21.2. The van der Waals surface area contributed by atoms with Crippen LogP contribution < -0.4 is 0 Å². The highest BCUT2D eigenvalue weighted by atomic mass is 16.5. The molecule has 4 nitrogen and oxygen atoms in total. The highest BCUT2D eigenvalue weighted by Gasteiger charge is 2.09. The van der Waals surface area contributed by atoms with Crippen molar-refractivity contribution in [2.75, 3.05) is 7.11 Å². The largest absolute Gasteiger partial charge is 0.490 e. The van der Waals surface area contributed by atoms with Crippen molar-refractivity contribution in [1.29, 1.82) is 0 Å². The van der Waals surface area contributed by atoms with Gasteiger partial charge in [0.2, 0.25) is 5.76 Å². The van der Waals surface area contributed by atoms with Crippen molar-refractivity contribution in [3.63, 3.8) is 0 Å². The zero-order valence-electron chi connectivity index (χ0n) is 6.96. The molecule has 0 aromatic heterocycles. The molecule has 66 valence electrons. The second-order valence-electron chi connectivity index (χ2n) is 2.16. The number of carbonyl (C=O) groups is 2. The molecule has 0 spiro atoms. The first-order chi connectivity index (χ1) is 5.49. The number of aliphatic carboxylic acids is 1. The van der Waals surface area contributed by atoms with Gasteiger partial charge >= 0.3 is 5.97 Å². The summed E-state index contributed by atoms with van der Waals surface area (Å²) in [6.45, 7) is 4.85. The lowest BCUT2D eigenvalue weighted by Gasteiger charge is -1.98. The summed E-state index contributed by atoms with van der Waals surface area (Å²) < 4.78 is 4.43. The molecular weight excluding hydrogens is 160 g/mol. The van der Waals surface area contributed by atoms with E-state index >= 15 is 0 Å². The number of carboxylic acids is 1. The average Bonchev–Trinajstić information content (AvgIpc) is 1.98. The van der Waals surface area contributed by atoms with E-state index in [1.165, 1.54) is 14.0 Å². The van der Waals surface area contributed by atoms with Crippen molar-refractivity contribution in [2.24, 2.45) is 0 Å². The molecule has 0 aliphatic heterocycles. The number of carboxylic acid groups (broad SMARTS) is 1. The van der Waals surface area contributed by atoms with Gasteiger partial charge in [-0.1, -0.05) is 6.58 Å². The van der Waals surface area contributed by atoms with Crippen LogP contribution in [0.25, 0.3) is 0 Å². The number of hydrogen-bond acceptors (Lipinski definition) is 3. The van der Waals surface area contributed by atoms with Crippen LogP contribution in [-0.2, 0) is 14.3 Å². The van der Waals surface area contributed by atoms with E-state index < -0.39 is 11.8 Å². The molecule has 0 atom stereocenters. The maximum atomic E-state index is 10.9. The number of rotatable bonds is 4. The monoisotopic (exact) mass is 170 g/mol. The predicted octanol–water partition coefficient (Wildman–Crippen LogP) is 0.746. The van der Waals surface area contributed by atoms with Crippen LogP contribution in [0, 0.1) is 0 Å². The van der Waals surface area contributed by atoms with Crippen LogP contribution >= 0.6 is 0 Å². The first-order valence-electron chi connectivity index (χ1n) is 3.18. The summed E-state index contributed by atoms with van der Waals surface area (Å²) in [6, 6.07) is 0. The van der Waals surface area contributed by atoms with E-state index in [-0.39, 0.29) is 11.3 Å². The zero-order chi connectivity index (χ0) is 9.72. The first kappa shape index (κ1) is 10.4. The van der Waals surface area contributed by atoms with Crippen LogP contribution in [0.2, 0.25) is 0 Å². The van der Waals surface area contributed by atoms with Crippen LogP contribution in [0.15, 0.2) is 24.0 Å². The Kier molecular flexibility index (Phi) is 3.76. The molecule has 0 aliphatic carbocycles. The summed E-state index contributed by atoms with van der Waals surface area (Å²) in [5.41, 5.74) is 0.269. The Balaban J connectivity index is 4.61. The van der Waals surface area contributed by atoms with Crippen molar-refractivity contribution in [1.82, 2.24) is 0 Å². The molecule has 0 bridgehead atoms. The minimum Gasteiger partial charge on any atom is -0.490 e. The third kappa shape index (κ3) is 3.01. The molecule has 0 aliphatic rings. The summed E-state index contributed by atoms with van der Waals surface area (Å²) in [5.74, 6) is -2.11. The number of allylic oxidation sites excluding steroid dienone is 2. The number of methoxy groups -OCH3 is 1. The summed E-state index contributed by atoms with van der Waals surface area (Å²) in [7, 11) is 1.19. The van der Waals surface area contributed by atoms with Gasteiger partial charge < -0.3 is 9.84 Å². The van der Waals surface area contributed by atoms with Crippen molar-refractivity contribution >= 4 is 11.8 Å². The Hall–Kier alpha value is -1.58. The normalized spacial score (nSPS) is 10.7. The summed E-state index contributed by atoms with van der Waals surface area (Å²) >= 11 is 0. The van der Waals surface area contributed by atoms with Crippen molar-refractivity contribution in [2.45, 2.75) is 6.92 Å². The van der Waals surface area contributed by atoms with E-state index in [1.807, 2.05) is 0 Å². The maximum absolute atomic E-state index is 10.9. The smallest absolute Gasteiger partial charge is 0.371 e. The van der Waals surface area contributed by atoms with Gasteiger partial charge in [-0.2, -0.15) is 0 Å². The van der Waals surface area contributed by atoms with Gasteiger partial charge in [-0.15, -0.1) is 0 Å². The lowest BCUT2D eigenvalue weighted by atomic mass is 10.2. The van der Waals surface area contributed by atoms with E-state index in [9.17, 15) is 9.59 Å². The van der Waals surface area contributed by atoms with Gasteiger partial charge in [0.25, 0.3) is 0 Å². The first-order valence-corrected chi connectivity index (χ1v) is 3.18. The lowest BCUT2D eigenvalue weighted by molar-refractivity contribution is -0.136. The lowest BCUT2D eigenvalue weighted by Crippen LogP contribution is -2.06. The summed E-state index contributed by atoms with van der Waals surface area (Å²) in [5, 5.41) is 8.43. The second-order valence-corrected chi connectivity index (χ2v) is 2.16. The fraction of sp³-hybridized carbons (Fsp3) is 0.250. The van der Waals surface area contributed by atoms with Crippen LogP contribution in [-0.4, -0.2) is 24.0 Å². The number of hydrogen-bond donors (Lipinski definition) is 1. The van der Waals surface area contributed by atoms with Gasteiger partial charge in [0, 0.05) is 6.08 Å². The van der Waals surface area contributed by atoms with Gasteiger partial charge in [0.15, 0.2) is 5.78 Å². The quantitative estimate of drug-likeness (QED) is 0.499. The second kappa shape index (κ2) is 4.33. The van der Waals surface area contributed by atoms with Crippen LogP contribution in [0.5, 0.6) is 0 Å². The molecule has 0 rings (SSSR count). The van der Waals surface area contributed by atoms with Gasteiger partial charge in [0.05, 0.1) is 7.11 Å². The number of ether oxygens (including phenoxy) is 1. The third-order valence-corrected chi connectivity index (χ3v) is 1.11. The van der Waals surface area contributed by atoms with E-state index in [0.717, 1.165) is 6.08 Å². The fourth-order valence-electron chi connectivity index (χ4n) is 0.450. The van der Waals surface area contributed by atoms with Crippen LogP contribution in [0.1, 0.15) is 6.92 Å². The van der Waals surface area contributed by atoms with E-state index in [2.05, 4.69) is 11.3 Å². The van der Waals surface area contributed by atoms with E-state index in [1.54, 1.807) is 0 Å². The molecule has 0 unspecified atom stereocenters. The maximum Gasteiger partial charge on any atom is 0.371 e. The molecule has 0 fully saturated rings. The van der Waals surface area contributed by atoms with Gasteiger partial charge in [-0.3, -0.25) is 4.79 Å². The minimum absolute atomic E-state index is 0.269. The topological polar surface area (TPSA) is 63.6 Å². The Morgan fingerprint density at radius 1 is 1.50 bits per heavy atom. The molecule has 4 heteroatoms. The Morgan fingerprint density at radius 3 is 2.25 bits per heavy atom. The highest BCUT2D eigenvalue weighted by molar-refractivity contribution is 6.06. The molecule has 0 saturated carbocycles. The molecule has 0 radical (unpaired) electrons. The van der Waals surface area contributed by atoms with Gasteiger partial charge in [-0.25, -0.2) is 4.79 Å². The molecule has 1 N–H and O–H groups in total. The molecule has 0 aromatic rings. The highest BCUT2D eigenvalue weighted by Crippen LogP contribution is 1.99. The van der Waals surface area contributed by atoms with Crippen LogP contribution in [0.4, 0.5) is 0 Å². The number of carbonyl (C=O) groups excluding carboxylic acids is 1. The van der Waals surface area contributed by atoms with Gasteiger partial charge in [0.1, 0.15) is 0 Å². The zero-order valence-corrected chi connectivity index (χ0v) is 6.96. The molecule has 0 aromatic carbocycles. The van der Waals surface area contributed by atoms with E-state index in [4.69, 9.17) is 5.11 Å². The Bertz CT molecular complexity index is 250. The van der Waals surface area contributed by atoms with Gasteiger partial charge in [-0.05, 0) is 12.5 Å². The summed E-state index contributed by atoms with van der Waals surface area (Å²) in [6.07, 6.45) is 0.894. The molecule has 0 amide bonds. The molecule has 0 saturated heterocycles. The van der Waals surface area contributed by atoms with Crippen molar-refractivity contribution < 1.29 is 19.4 Å². The Morgan fingerprint density at radius 2 is 2.00 bits per heavy atom. The van der Waals surface area contributed by atoms with Crippen molar-refractivity contribution in [3.05, 3.63) is 24.0 Å². The Labute approximate surface area is 70.1 Å². The molecule has 0 heterocycles.